The van der Waals surface area contributed by atoms with Crippen molar-refractivity contribution in [1.82, 2.24) is 0 Å². The molecule has 0 aliphatic heterocycles. The molecule has 0 fully saturated rings. The van der Waals surface area contributed by atoms with Crippen molar-refractivity contribution in [3.05, 3.63) is 59.9 Å². The van der Waals surface area contributed by atoms with Crippen molar-refractivity contribution in [3.8, 4) is 5.75 Å². The van der Waals surface area contributed by atoms with Crippen molar-refractivity contribution >= 4 is 9.84 Å². The van der Waals surface area contributed by atoms with Crippen molar-refractivity contribution in [3.63, 3.8) is 0 Å². The van der Waals surface area contributed by atoms with Crippen LogP contribution in [0.4, 0.5) is 4.39 Å². The molecule has 2 aromatic carbocycles. The van der Waals surface area contributed by atoms with E-state index in [4.69, 9.17) is 10.5 Å². The quantitative estimate of drug-likeness (QED) is 0.920. The van der Waals surface area contributed by atoms with E-state index in [0.717, 1.165) is 0 Å². The lowest BCUT2D eigenvalue weighted by atomic mass is 10.1. The van der Waals surface area contributed by atoms with Gasteiger partial charge in [-0.05, 0) is 42.0 Å². The van der Waals surface area contributed by atoms with Crippen LogP contribution in [0, 0.1) is 5.82 Å². The van der Waals surface area contributed by atoms with Crippen LogP contribution in [0.15, 0.2) is 53.4 Å². The molecule has 0 unspecified atom stereocenters. The van der Waals surface area contributed by atoms with Crippen LogP contribution >= 0.6 is 0 Å². The lowest BCUT2D eigenvalue weighted by Crippen LogP contribution is -2.22. The van der Waals surface area contributed by atoms with Gasteiger partial charge in [-0.2, -0.15) is 0 Å². The molecule has 2 rings (SSSR count). The van der Waals surface area contributed by atoms with Gasteiger partial charge in [0.2, 0.25) is 0 Å². The van der Waals surface area contributed by atoms with E-state index < -0.39 is 20.9 Å². The lowest BCUT2D eigenvalue weighted by molar-refractivity contribution is 0.414. The van der Waals surface area contributed by atoms with Crippen molar-refractivity contribution in [2.75, 3.05) is 13.7 Å². The summed E-state index contributed by atoms with van der Waals surface area (Å²) < 4.78 is 43.2. The maximum absolute atomic E-state index is 13.0. The van der Waals surface area contributed by atoms with E-state index in [2.05, 4.69) is 0 Å². The summed E-state index contributed by atoms with van der Waals surface area (Å²) in [5.74, 6) is 0.149. The fourth-order valence-corrected chi connectivity index (χ4v) is 3.66. The molecule has 0 aliphatic rings. The number of ether oxygens (including phenoxy) is 1. The Morgan fingerprint density at radius 3 is 2.14 bits per heavy atom. The van der Waals surface area contributed by atoms with Crippen LogP contribution in [0.5, 0.6) is 5.75 Å². The second-order valence-electron chi connectivity index (χ2n) is 4.50. The molecule has 1 atom stereocenters. The summed E-state index contributed by atoms with van der Waals surface area (Å²) in [4.78, 5) is 0.156. The van der Waals surface area contributed by atoms with E-state index in [1.807, 2.05) is 0 Å². The zero-order valence-electron chi connectivity index (χ0n) is 11.5. The summed E-state index contributed by atoms with van der Waals surface area (Å²) in [5, 5.41) is -0.911. The topological polar surface area (TPSA) is 69.4 Å². The second kappa shape index (κ2) is 6.24. The molecule has 6 heteroatoms. The van der Waals surface area contributed by atoms with Crippen molar-refractivity contribution in [1.29, 1.82) is 0 Å². The van der Waals surface area contributed by atoms with Gasteiger partial charge in [-0.3, -0.25) is 0 Å². The standard InChI is InChI=1S/C15H16FNO3S/c1-20-13-6-8-14(9-7-13)21(18,19)15(10-17)11-2-4-12(16)5-3-11/h2-9,15H,10,17H2,1H3/t15-/m0/s1. The molecule has 0 amide bonds. The lowest BCUT2D eigenvalue weighted by Gasteiger charge is -2.16. The second-order valence-corrected chi connectivity index (χ2v) is 6.63. The molecule has 21 heavy (non-hydrogen) atoms. The molecular formula is C15H16FNO3S. The largest absolute Gasteiger partial charge is 0.497 e. The molecule has 0 saturated heterocycles. The molecule has 0 heterocycles. The van der Waals surface area contributed by atoms with Crippen LogP contribution in [0.2, 0.25) is 0 Å². The highest BCUT2D eigenvalue weighted by Gasteiger charge is 2.27. The molecule has 0 spiro atoms. The monoisotopic (exact) mass is 309 g/mol. The molecule has 0 aliphatic carbocycles. The minimum Gasteiger partial charge on any atom is -0.497 e. The first kappa shape index (κ1) is 15.5. The van der Waals surface area contributed by atoms with Gasteiger partial charge in [0.1, 0.15) is 16.8 Å². The highest BCUT2D eigenvalue weighted by molar-refractivity contribution is 7.91. The van der Waals surface area contributed by atoms with Crippen molar-refractivity contribution in [2.45, 2.75) is 10.1 Å². The first-order valence-corrected chi connectivity index (χ1v) is 7.87. The third kappa shape index (κ3) is 3.22. The Balaban J connectivity index is 2.41. The fourth-order valence-electron chi connectivity index (χ4n) is 2.05. The van der Waals surface area contributed by atoms with Gasteiger partial charge >= 0.3 is 0 Å². The molecule has 2 N–H and O–H groups in total. The normalized spacial score (nSPS) is 12.9. The summed E-state index contributed by atoms with van der Waals surface area (Å²) in [6.45, 7) is -0.0833. The Kier molecular flexibility index (Phi) is 4.59. The SMILES string of the molecule is COc1ccc(S(=O)(=O)[C@@H](CN)c2ccc(F)cc2)cc1. The first-order chi connectivity index (χ1) is 9.98. The Labute approximate surface area is 123 Å². The number of hydrogen-bond acceptors (Lipinski definition) is 4. The summed E-state index contributed by atoms with van der Waals surface area (Å²) in [5.41, 5.74) is 6.09. The van der Waals surface area contributed by atoms with E-state index in [1.165, 1.54) is 43.5 Å². The molecule has 0 radical (unpaired) electrons. The van der Waals surface area contributed by atoms with E-state index in [9.17, 15) is 12.8 Å². The van der Waals surface area contributed by atoms with Gasteiger partial charge in [0.05, 0.1) is 12.0 Å². The number of rotatable bonds is 5. The number of sulfone groups is 1. The van der Waals surface area contributed by atoms with Gasteiger partial charge in [0.15, 0.2) is 9.84 Å². The maximum Gasteiger partial charge on any atom is 0.186 e. The molecule has 0 saturated carbocycles. The van der Waals surface area contributed by atoms with Crippen LogP contribution < -0.4 is 10.5 Å². The Morgan fingerprint density at radius 1 is 1.10 bits per heavy atom. The first-order valence-electron chi connectivity index (χ1n) is 6.32. The average molecular weight is 309 g/mol. The van der Waals surface area contributed by atoms with Crippen LogP contribution in [0.3, 0.4) is 0 Å². The zero-order chi connectivity index (χ0) is 15.5. The van der Waals surface area contributed by atoms with E-state index in [-0.39, 0.29) is 11.4 Å². The number of methoxy groups -OCH3 is 1. The average Bonchev–Trinajstić information content (AvgIpc) is 2.50. The summed E-state index contributed by atoms with van der Waals surface area (Å²) in [6, 6.07) is 11.4. The third-order valence-corrected chi connectivity index (χ3v) is 5.36. The predicted octanol–water partition coefficient (Wildman–Crippen LogP) is 2.31. The highest BCUT2D eigenvalue weighted by atomic mass is 32.2. The van der Waals surface area contributed by atoms with Gasteiger partial charge in [-0.15, -0.1) is 0 Å². The minimum absolute atomic E-state index is 0.0833. The van der Waals surface area contributed by atoms with Crippen LogP contribution in [-0.2, 0) is 9.84 Å². The Morgan fingerprint density at radius 2 is 1.67 bits per heavy atom. The summed E-state index contributed by atoms with van der Waals surface area (Å²) in [6.07, 6.45) is 0. The smallest absolute Gasteiger partial charge is 0.186 e. The molecule has 0 bridgehead atoms. The molecule has 2 aromatic rings. The van der Waals surface area contributed by atoms with E-state index >= 15 is 0 Å². The molecule has 4 nitrogen and oxygen atoms in total. The zero-order valence-corrected chi connectivity index (χ0v) is 12.3. The maximum atomic E-state index is 13.0. The van der Waals surface area contributed by atoms with Crippen LogP contribution in [0.25, 0.3) is 0 Å². The number of nitrogens with two attached hydrogens (primary N) is 1. The highest BCUT2D eigenvalue weighted by Crippen LogP contribution is 2.29. The predicted molar refractivity (Wildman–Crippen MR) is 78.4 cm³/mol. The molecule has 112 valence electrons. The Bertz CT molecular complexity index is 697. The van der Waals surface area contributed by atoms with Gasteiger partial charge < -0.3 is 10.5 Å². The number of halogens is 1. The van der Waals surface area contributed by atoms with Gasteiger partial charge in [-0.1, -0.05) is 12.1 Å². The Hall–Kier alpha value is -1.92. The minimum atomic E-state index is -3.65. The fraction of sp³-hybridized carbons (Fsp3) is 0.200. The van der Waals surface area contributed by atoms with Crippen LogP contribution in [0.1, 0.15) is 10.8 Å². The number of hydrogen-bond donors (Lipinski definition) is 1. The van der Waals surface area contributed by atoms with Gasteiger partial charge in [0.25, 0.3) is 0 Å². The van der Waals surface area contributed by atoms with Crippen molar-refractivity contribution < 1.29 is 17.5 Å². The van der Waals surface area contributed by atoms with Crippen molar-refractivity contribution in [2.24, 2.45) is 5.73 Å². The molecular weight excluding hydrogens is 293 g/mol. The number of benzene rings is 2. The van der Waals surface area contributed by atoms with E-state index in [0.29, 0.717) is 11.3 Å². The third-order valence-electron chi connectivity index (χ3n) is 3.22. The summed E-state index contributed by atoms with van der Waals surface area (Å²) >= 11 is 0. The summed E-state index contributed by atoms with van der Waals surface area (Å²) in [7, 11) is -2.14. The van der Waals surface area contributed by atoms with E-state index in [1.54, 1.807) is 12.1 Å². The van der Waals surface area contributed by atoms with Gasteiger partial charge in [0, 0.05) is 6.54 Å². The van der Waals surface area contributed by atoms with Gasteiger partial charge in [-0.25, -0.2) is 12.8 Å². The van der Waals surface area contributed by atoms with Crippen LogP contribution in [-0.4, -0.2) is 22.1 Å². The molecule has 0 aromatic heterocycles.